The second kappa shape index (κ2) is 6.94. The van der Waals surface area contributed by atoms with Gasteiger partial charge in [-0.15, -0.1) is 0 Å². The molecule has 0 aromatic heterocycles. The second-order valence-corrected chi connectivity index (χ2v) is 13.4. The van der Waals surface area contributed by atoms with Crippen molar-refractivity contribution in [1.29, 1.82) is 0 Å². The Hall–Kier alpha value is -0.610. The molecule has 0 unspecified atom stereocenters. The van der Waals surface area contributed by atoms with Crippen LogP contribution in [-0.2, 0) is 14.3 Å². The highest BCUT2D eigenvalue weighted by atomic mass is 16.5. The molecule has 4 rings (SSSR count). The molecule has 0 radical (unpaired) electrons. The minimum absolute atomic E-state index is 0.0393. The molecule has 4 saturated carbocycles. The van der Waals surface area contributed by atoms with Gasteiger partial charge in [0.25, 0.3) is 0 Å². The lowest BCUT2D eigenvalue weighted by Crippen LogP contribution is -2.49. The van der Waals surface area contributed by atoms with E-state index in [4.69, 9.17) is 9.47 Å². The summed E-state index contributed by atoms with van der Waals surface area (Å²) >= 11 is 0. The molecule has 4 fully saturated rings. The lowest BCUT2D eigenvalue weighted by atomic mass is 9.70. The van der Waals surface area contributed by atoms with E-state index in [-0.39, 0.29) is 22.9 Å². The SMILES string of the molecule is CC1(C)[C@H]2CC[C@@]1(C)[C@H](OC(=O)C[N+](C)(C)CCO[C@@H]1C[C@H]3CC[C@@]1(C)C3(C)C)C2. The van der Waals surface area contributed by atoms with E-state index in [1.54, 1.807) is 0 Å². The summed E-state index contributed by atoms with van der Waals surface area (Å²) < 4.78 is 13.2. The third-order valence-corrected chi connectivity index (χ3v) is 11.3. The number of carbonyl (C=O) groups excluding carboxylic acids is 1. The van der Waals surface area contributed by atoms with Gasteiger partial charge in [-0.2, -0.15) is 0 Å². The molecule has 0 aromatic carbocycles. The van der Waals surface area contributed by atoms with Crippen molar-refractivity contribution in [2.45, 2.75) is 92.3 Å². The predicted octanol–water partition coefficient (Wildman–Crippen LogP) is 5.05. The van der Waals surface area contributed by atoms with E-state index in [0.717, 1.165) is 25.5 Å². The van der Waals surface area contributed by atoms with Gasteiger partial charge in [0.05, 0.1) is 26.8 Å². The molecular formula is C26H46NO3+. The molecule has 4 aliphatic rings. The first-order valence-corrected chi connectivity index (χ1v) is 12.4. The van der Waals surface area contributed by atoms with Crippen LogP contribution in [0, 0.1) is 33.5 Å². The number of carbonyl (C=O) groups is 1. The number of ether oxygens (including phenoxy) is 2. The Morgan fingerprint density at radius 2 is 1.37 bits per heavy atom. The molecule has 0 aromatic rings. The molecule has 0 heterocycles. The zero-order valence-electron chi connectivity index (χ0n) is 20.8. The maximum absolute atomic E-state index is 12.8. The summed E-state index contributed by atoms with van der Waals surface area (Å²) in [5.41, 5.74) is 1.10. The molecule has 4 aliphatic carbocycles. The molecular weight excluding hydrogens is 374 g/mol. The van der Waals surface area contributed by atoms with Crippen LogP contribution in [0.2, 0.25) is 0 Å². The van der Waals surface area contributed by atoms with E-state index in [0.29, 0.717) is 33.9 Å². The normalized spacial score (nSPS) is 43.3. The first-order valence-electron chi connectivity index (χ1n) is 12.4. The van der Waals surface area contributed by atoms with Gasteiger partial charge in [-0.25, -0.2) is 4.79 Å². The van der Waals surface area contributed by atoms with E-state index in [2.05, 4.69) is 55.6 Å². The van der Waals surface area contributed by atoms with Gasteiger partial charge in [-0.3, -0.25) is 0 Å². The van der Waals surface area contributed by atoms with E-state index in [1.807, 2.05) is 0 Å². The Balaban J connectivity index is 1.26. The van der Waals surface area contributed by atoms with E-state index in [9.17, 15) is 4.79 Å². The fourth-order valence-corrected chi connectivity index (χ4v) is 7.76. The van der Waals surface area contributed by atoms with Gasteiger partial charge in [-0.05, 0) is 66.6 Å². The van der Waals surface area contributed by atoms with Crippen molar-refractivity contribution in [2.75, 3.05) is 33.8 Å². The summed E-state index contributed by atoms with van der Waals surface area (Å²) in [6.07, 6.45) is 7.83. The van der Waals surface area contributed by atoms with Gasteiger partial charge in [-0.1, -0.05) is 41.5 Å². The number of nitrogens with zero attached hydrogens (tertiary/aromatic N) is 1. The average Bonchev–Trinajstić information content (AvgIpc) is 3.13. The van der Waals surface area contributed by atoms with Crippen LogP contribution in [-0.4, -0.2) is 56.5 Å². The van der Waals surface area contributed by atoms with Crippen LogP contribution in [0.5, 0.6) is 0 Å². The topological polar surface area (TPSA) is 35.5 Å². The quantitative estimate of drug-likeness (QED) is 0.427. The Kier molecular flexibility index (Phi) is 5.22. The van der Waals surface area contributed by atoms with Crippen LogP contribution in [0.4, 0.5) is 0 Å². The molecule has 0 aliphatic heterocycles. The number of likely N-dealkylation sites (N-methyl/N-ethyl adjacent to an activating group) is 1. The van der Waals surface area contributed by atoms with Crippen LogP contribution in [0.25, 0.3) is 0 Å². The van der Waals surface area contributed by atoms with Crippen molar-refractivity contribution in [3.8, 4) is 0 Å². The molecule has 0 saturated heterocycles. The van der Waals surface area contributed by atoms with Crippen LogP contribution in [0.3, 0.4) is 0 Å². The lowest BCUT2D eigenvalue weighted by Gasteiger charge is -2.40. The summed E-state index contributed by atoms with van der Waals surface area (Å²) in [7, 11) is 4.26. The fraction of sp³-hybridized carbons (Fsp3) is 0.962. The van der Waals surface area contributed by atoms with Crippen LogP contribution >= 0.6 is 0 Å². The predicted molar refractivity (Wildman–Crippen MR) is 120 cm³/mol. The van der Waals surface area contributed by atoms with Gasteiger partial charge in [0.1, 0.15) is 12.6 Å². The Morgan fingerprint density at radius 1 is 0.867 bits per heavy atom. The summed E-state index contributed by atoms with van der Waals surface area (Å²) in [4.78, 5) is 12.8. The monoisotopic (exact) mass is 420 g/mol. The maximum Gasteiger partial charge on any atom is 0.362 e. The third-order valence-electron chi connectivity index (χ3n) is 11.3. The molecule has 30 heavy (non-hydrogen) atoms. The summed E-state index contributed by atoms with van der Waals surface area (Å²) in [5, 5.41) is 0. The minimum atomic E-state index is -0.0393. The number of hydrogen-bond acceptors (Lipinski definition) is 3. The molecule has 6 atom stereocenters. The second-order valence-electron chi connectivity index (χ2n) is 13.4. The summed E-state index contributed by atoms with van der Waals surface area (Å²) in [5.74, 6) is 1.46. The zero-order valence-corrected chi connectivity index (χ0v) is 20.8. The number of esters is 1. The van der Waals surface area contributed by atoms with E-state index in [1.165, 1.54) is 32.1 Å². The number of fused-ring (bicyclic) bond motifs is 4. The van der Waals surface area contributed by atoms with Gasteiger partial charge in [0.15, 0.2) is 6.54 Å². The van der Waals surface area contributed by atoms with Gasteiger partial charge in [0, 0.05) is 5.41 Å². The molecule has 4 nitrogen and oxygen atoms in total. The van der Waals surface area contributed by atoms with Gasteiger partial charge < -0.3 is 14.0 Å². The average molecular weight is 421 g/mol. The van der Waals surface area contributed by atoms with Crippen molar-refractivity contribution in [2.24, 2.45) is 33.5 Å². The first-order chi connectivity index (χ1) is 13.7. The van der Waals surface area contributed by atoms with Crippen molar-refractivity contribution >= 4 is 5.97 Å². The molecule has 4 heteroatoms. The standard InChI is InChI=1S/C26H46NO3/c1-23(2)18-9-11-25(23,5)20(15-18)29-14-13-27(7,8)17-22(28)30-21-16-19-10-12-26(21,6)24(19,3)4/h18-21H,9-17H2,1-8H3/q+1/t18-,19+,20-,21-,25-,26+/m1/s1. The Bertz CT molecular complexity index is 698. The molecule has 0 N–H and O–H groups in total. The van der Waals surface area contributed by atoms with Crippen molar-refractivity contribution in [3.63, 3.8) is 0 Å². The van der Waals surface area contributed by atoms with E-state index < -0.39 is 0 Å². The molecule has 4 bridgehead atoms. The van der Waals surface area contributed by atoms with Crippen LogP contribution < -0.4 is 0 Å². The number of quaternary nitrogens is 1. The highest BCUT2D eigenvalue weighted by Gasteiger charge is 2.63. The summed E-state index contributed by atoms with van der Waals surface area (Å²) in [6.45, 7) is 16.4. The molecule has 0 spiro atoms. The molecule has 172 valence electrons. The smallest absolute Gasteiger partial charge is 0.362 e. The number of rotatable bonds is 7. The van der Waals surface area contributed by atoms with Crippen molar-refractivity contribution < 1.29 is 18.8 Å². The van der Waals surface area contributed by atoms with Crippen molar-refractivity contribution in [3.05, 3.63) is 0 Å². The van der Waals surface area contributed by atoms with Gasteiger partial charge >= 0.3 is 5.97 Å². The Morgan fingerprint density at radius 3 is 1.80 bits per heavy atom. The summed E-state index contributed by atoms with van der Waals surface area (Å²) in [6, 6.07) is 0. The van der Waals surface area contributed by atoms with E-state index >= 15 is 0 Å². The maximum atomic E-state index is 12.8. The molecule has 0 amide bonds. The lowest BCUT2D eigenvalue weighted by molar-refractivity contribution is -0.883. The highest BCUT2D eigenvalue weighted by Crippen LogP contribution is 2.67. The third kappa shape index (κ3) is 3.18. The first kappa shape index (κ1) is 22.6. The number of hydrogen-bond donors (Lipinski definition) is 0. The highest BCUT2D eigenvalue weighted by molar-refractivity contribution is 5.71. The largest absolute Gasteiger partial charge is 0.458 e. The van der Waals surface area contributed by atoms with Crippen LogP contribution in [0.15, 0.2) is 0 Å². The fourth-order valence-electron chi connectivity index (χ4n) is 7.76. The van der Waals surface area contributed by atoms with Crippen molar-refractivity contribution in [1.82, 2.24) is 0 Å². The van der Waals surface area contributed by atoms with Crippen LogP contribution in [0.1, 0.15) is 80.1 Å². The zero-order chi connectivity index (χ0) is 22.2. The Labute approximate surface area is 184 Å². The minimum Gasteiger partial charge on any atom is -0.458 e. The van der Waals surface area contributed by atoms with Gasteiger partial charge in [0.2, 0.25) is 0 Å².